The Kier molecular flexibility index (Phi) is 2.77. The molecular formula is C11H17N3O2S. The summed E-state index contributed by atoms with van der Waals surface area (Å²) in [5.41, 5.74) is 6.08. The van der Waals surface area contributed by atoms with Crippen LogP contribution in [-0.4, -0.2) is 21.6 Å². The lowest BCUT2D eigenvalue weighted by atomic mass is 10.2. The Hall–Kier alpha value is -1.30. The van der Waals surface area contributed by atoms with E-state index in [2.05, 4.69) is 4.98 Å². The van der Waals surface area contributed by atoms with Gasteiger partial charge in [-0.15, -0.1) is 11.3 Å². The number of hydrogen-bond acceptors (Lipinski definition) is 5. The number of carbonyl (C=O) groups excluding carboxylic acids is 1. The van der Waals surface area contributed by atoms with E-state index in [-0.39, 0.29) is 12.1 Å². The van der Waals surface area contributed by atoms with Gasteiger partial charge in [0, 0.05) is 0 Å². The summed E-state index contributed by atoms with van der Waals surface area (Å²) in [6, 6.07) is -0.0617. The van der Waals surface area contributed by atoms with Crippen LogP contribution < -0.4 is 5.73 Å². The van der Waals surface area contributed by atoms with E-state index >= 15 is 0 Å². The van der Waals surface area contributed by atoms with Crippen molar-refractivity contribution in [1.82, 2.24) is 9.88 Å². The number of ether oxygens (including phenoxy) is 1. The number of amides is 1. The van der Waals surface area contributed by atoms with Crippen LogP contribution in [0.3, 0.4) is 0 Å². The second kappa shape index (κ2) is 3.87. The van der Waals surface area contributed by atoms with Gasteiger partial charge in [0.25, 0.3) is 0 Å². The van der Waals surface area contributed by atoms with E-state index < -0.39 is 5.60 Å². The number of nitrogens with zero attached hydrogens (tertiary/aromatic N) is 2. The highest BCUT2D eigenvalue weighted by Crippen LogP contribution is 2.37. The molecule has 1 aromatic heterocycles. The van der Waals surface area contributed by atoms with Crippen LogP contribution in [0.2, 0.25) is 0 Å². The molecule has 1 atom stereocenters. The molecule has 0 radical (unpaired) electrons. The van der Waals surface area contributed by atoms with Crippen molar-refractivity contribution in [3.05, 3.63) is 10.6 Å². The van der Waals surface area contributed by atoms with Gasteiger partial charge in [-0.25, -0.2) is 9.78 Å². The molecule has 1 unspecified atom stereocenters. The molecule has 5 nitrogen and oxygen atoms in total. The Balaban J connectivity index is 2.12. The molecule has 0 aromatic carbocycles. The summed E-state index contributed by atoms with van der Waals surface area (Å²) >= 11 is 1.44. The third kappa shape index (κ3) is 2.36. The van der Waals surface area contributed by atoms with Gasteiger partial charge in [0.1, 0.15) is 5.60 Å². The molecule has 2 heterocycles. The van der Waals surface area contributed by atoms with Gasteiger partial charge in [-0.3, -0.25) is 4.90 Å². The molecule has 0 saturated heterocycles. The summed E-state index contributed by atoms with van der Waals surface area (Å²) in [6.07, 6.45) is -0.297. The van der Waals surface area contributed by atoms with E-state index in [0.29, 0.717) is 11.7 Å². The lowest BCUT2D eigenvalue weighted by Crippen LogP contribution is -2.35. The average molecular weight is 255 g/mol. The number of carbonyl (C=O) groups is 1. The smallest absolute Gasteiger partial charge is 0.411 e. The number of anilines is 1. The Bertz CT molecular complexity index is 450. The molecular weight excluding hydrogens is 238 g/mol. The molecule has 0 fully saturated rings. The van der Waals surface area contributed by atoms with Crippen LogP contribution >= 0.6 is 11.3 Å². The summed E-state index contributed by atoms with van der Waals surface area (Å²) in [5.74, 6) is 0. The predicted molar refractivity (Wildman–Crippen MR) is 66.7 cm³/mol. The molecule has 0 bridgehead atoms. The topological polar surface area (TPSA) is 68.5 Å². The number of nitrogen functional groups attached to an aromatic ring is 1. The first-order valence-corrected chi connectivity index (χ1v) is 6.34. The van der Waals surface area contributed by atoms with E-state index in [1.165, 1.54) is 11.3 Å². The molecule has 2 N–H and O–H groups in total. The van der Waals surface area contributed by atoms with Crippen LogP contribution in [0, 0.1) is 0 Å². The predicted octanol–water partition coefficient (Wildman–Crippen LogP) is 2.54. The second-order valence-electron chi connectivity index (χ2n) is 5.14. The Morgan fingerprint density at radius 2 is 2.24 bits per heavy atom. The van der Waals surface area contributed by atoms with Gasteiger partial charge in [0.2, 0.25) is 0 Å². The fourth-order valence-electron chi connectivity index (χ4n) is 1.80. The summed E-state index contributed by atoms with van der Waals surface area (Å²) in [5, 5.41) is 0.561. The largest absolute Gasteiger partial charge is 0.444 e. The summed E-state index contributed by atoms with van der Waals surface area (Å²) < 4.78 is 5.36. The van der Waals surface area contributed by atoms with Crippen LogP contribution in [0.15, 0.2) is 0 Å². The molecule has 94 valence electrons. The maximum Gasteiger partial charge on any atom is 0.411 e. The average Bonchev–Trinajstić information content (AvgIpc) is 2.63. The fourth-order valence-corrected chi connectivity index (χ4v) is 2.73. The molecule has 17 heavy (non-hydrogen) atoms. The van der Waals surface area contributed by atoms with Gasteiger partial charge >= 0.3 is 6.09 Å². The van der Waals surface area contributed by atoms with Gasteiger partial charge in [-0.05, 0) is 27.7 Å². The zero-order valence-electron chi connectivity index (χ0n) is 10.5. The van der Waals surface area contributed by atoms with Crippen LogP contribution in [-0.2, 0) is 11.3 Å². The molecule has 6 heteroatoms. The fraction of sp³-hybridized carbons (Fsp3) is 0.636. The highest BCUT2D eigenvalue weighted by Gasteiger charge is 2.36. The maximum absolute atomic E-state index is 12.0. The molecule has 0 spiro atoms. The van der Waals surface area contributed by atoms with E-state index in [1.807, 2.05) is 27.7 Å². The molecule has 0 aliphatic carbocycles. The van der Waals surface area contributed by atoms with Crippen molar-refractivity contribution in [2.24, 2.45) is 0 Å². The minimum absolute atomic E-state index is 0.0617. The molecule has 1 aliphatic rings. The SMILES string of the molecule is CC1c2nc(N)sc2CN1C(=O)OC(C)(C)C. The monoisotopic (exact) mass is 255 g/mol. The Labute approximate surface area is 105 Å². The number of aromatic nitrogens is 1. The van der Waals surface area contributed by atoms with Crippen LogP contribution in [0.25, 0.3) is 0 Å². The Morgan fingerprint density at radius 3 is 2.76 bits per heavy atom. The minimum atomic E-state index is -0.473. The normalized spacial score (nSPS) is 19.3. The van der Waals surface area contributed by atoms with E-state index in [9.17, 15) is 4.79 Å². The zero-order chi connectivity index (χ0) is 12.8. The van der Waals surface area contributed by atoms with E-state index in [0.717, 1.165) is 10.6 Å². The first kappa shape index (κ1) is 12.2. The number of rotatable bonds is 0. The van der Waals surface area contributed by atoms with Crippen LogP contribution in [0.4, 0.5) is 9.93 Å². The zero-order valence-corrected chi connectivity index (χ0v) is 11.3. The van der Waals surface area contributed by atoms with Crippen molar-refractivity contribution in [1.29, 1.82) is 0 Å². The molecule has 1 aromatic rings. The molecule has 2 rings (SSSR count). The lowest BCUT2D eigenvalue weighted by molar-refractivity contribution is 0.0186. The van der Waals surface area contributed by atoms with Gasteiger partial charge in [-0.1, -0.05) is 0 Å². The van der Waals surface area contributed by atoms with Crippen molar-refractivity contribution in [3.8, 4) is 0 Å². The van der Waals surface area contributed by atoms with Gasteiger partial charge < -0.3 is 10.5 Å². The first-order valence-electron chi connectivity index (χ1n) is 5.52. The number of hydrogen-bond donors (Lipinski definition) is 1. The highest BCUT2D eigenvalue weighted by atomic mass is 32.1. The standard InChI is InChI=1S/C11H17N3O2S/c1-6-8-7(17-9(12)13-8)5-14(6)10(15)16-11(2,3)4/h6H,5H2,1-4H3,(H2,12,13). The van der Waals surface area contributed by atoms with E-state index in [1.54, 1.807) is 4.90 Å². The third-order valence-corrected chi connectivity index (χ3v) is 3.43. The number of thiazole rings is 1. The van der Waals surface area contributed by atoms with Crippen molar-refractivity contribution in [2.75, 3.05) is 5.73 Å². The van der Waals surface area contributed by atoms with Crippen molar-refractivity contribution in [2.45, 2.75) is 45.9 Å². The van der Waals surface area contributed by atoms with Crippen molar-refractivity contribution < 1.29 is 9.53 Å². The third-order valence-electron chi connectivity index (χ3n) is 2.55. The number of fused-ring (bicyclic) bond motifs is 1. The maximum atomic E-state index is 12.0. The number of nitrogens with two attached hydrogens (primary N) is 1. The van der Waals surface area contributed by atoms with Gasteiger partial charge in [-0.2, -0.15) is 0 Å². The summed E-state index contributed by atoms with van der Waals surface area (Å²) in [7, 11) is 0. The second-order valence-corrected chi connectivity index (χ2v) is 6.26. The molecule has 1 aliphatic heterocycles. The summed E-state index contributed by atoms with van der Waals surface area (Å²) in [6.45, 7) is 8.06. The van der Waals surface area contributed by atoms with Crippen molar-refractivity contribution in [3.63, 3.8) is 0 Å². The first-order chi connectivity index (χ1) is 7.78. The molecule has 1 amide bonds. The Morgan fingerprint density at radius 1 is 1.59 bits per heavy atom. The van der Waals surface area contributed by atoms with Gasteiger partial charge in [0.15, 0.2) is 5.13 Å². The lowest BCUT2D eigenvalue weighted by Gasteiger charge is -2.26. The van der Waals surface area contributed by atoms with Crippen molar-refractivity contribution >= 4 is 22.6 Å². The minimum Gasteiger partial charge on any atom is -0.444 e. The highest BCUT2D eigenvalue weighted by molar-refractivity contribution is 7.15. The molecule has 0 saturated carbocycles. The quantitative estimate of drug-likeness (QED) is 0.773. The van der Waals surface area contributed by atoms with E-state index in [4.69, 9.17) is 10.5 Å². The summed E-state index contributed by atoms with van der Waals surface area (Å²) in [4.78, 5) is 19.0. The van der Waals surface area contributed by atoms with Gasteiger partial charge in [0.05, 0.1) is 23.2 Å². The van der Waals surface area contributed by atoms with Crippen LogP contribution in [0.5, 0.6) is 0 Å². The van der Waals surface area contributed by atoms with Crippen LogP contribution in [0.1, 0.15) is 44.3 Å².